The molecule has 2 N–H and O–H groups in total. The average molecular weight is 285 g/mol. The van der Waals surface area contributed by atoms with E-state index in [1.54, 1.807) is 0 Å². The molecule has 19 heavy (non-hydrogen) atoms. The van der Waals surface area contributed by atoms with Crippen molar-refractivity contribution in [3.63, 3.8) is 0 Å². The Balaban J connectivity index is 1.82. The summed E-state index contributed by atoms with van der Waals surface area (Å²) >= 11 is 1.93. The Morgan fingerprint density at radius 3 is 2.58 bits per heavy atom. The number of carboxylic acids is 1. The fourth-order valence-electron chi connectivity index (χ4n) is 3.25. The van der Waals surface area contributed by atoms with Crippen LogP contribution in [0.3, 0.4) is 0 Å². The number of hydrogen-bond donors (Lipinski definition) is 2. The molecule has 4 nitrogen and oxygen atoms in total. The molecule has 0 spiro atoms. The number of thioether (sulfide) groups is 1. The van der Waals surface area contributed by atoms with Crippen LogP contribution in [-0.2, 0) is 9.59 Å². The second-order valence-corrected chi connectivity index (χ2v) is 7.10. The van der Waals surface area contributed by atoms with Crippen molar-refractivity contribution in [1.29, 1.82) is 0 Å². The molecule has 2 unspecified atom stereocenters. The predicted octanol–water partition coefficient (Wildman–Crippen LogP) is 2.28. The van der Waals surface area contributed by atoms with Gasteiger partial charge in [-0.2, -0.15) is 11.8 Å². The van der Waals surface area contributed by atoms with Gasteiger partial charge in [0.15, 0.2) is 0 Å². The predicted molar refractivity (Wildman–Crippen MR) is 76.2 cm³/mol. The van der Waals surface area contributed by atoms with Crippen molar-refractivity contribution in [2.45, 2.75) is 56.7 Å². The zero-order valence-electron chi connectivity index (χ0n) is 11.4. The SMILES string of the molecule is CCSC1CCCC1NC(=O)[C@@H]1CC[C@H](C(=O)O)C1. The molecule has 2 aliphatic carbocycles. The normalized spacial score (nSPS) is 34.4. The highest BCUT2D eigenvalue weighted by Crippen LogP contribution is 2.33. The monoisotopic (exact) mass is 285 g/mol. The molecule has 1 amide bonds. The Hall–Kier alpha value is -0.710. The number of aliphatic carboxylic acids is 1. The number of amides is 1. The number of carbonyl (C=O) groups is 2. The maximum atomic E-state index is 12.2. The Morgan fingerprint density at radius 1 is 1.21 bits per heavy atom. The Bertz CT molecular complexity index is 348. The lowest BCUT2D eigenvalue weighted by Crippen LogP contribution is -2.41. The summed E-state index contributed by atoms with van der Waals surface area (Å²) in [7, 11) is 0. The van der Waals surface area contributed by atoms with Gasteiger partial charge in [-0.1, -0.05) is 13.3 Å². The summed E-state index contributed by atoms with van der Waals surface area (Å²) in [5.41, 5.74) is 0. The van der Waals surface area contributed by atoms with Crippen molar-refractivity contribution in [2.75, 3.05) is 5.75 Å². The average Bonchev–Trinajstić information content (AvgIpc) is 2.99. The molecule has 2 saturated carbocycles. The summed E-state index contributed by atoms with van der Waals surface area (Å²) in [5, 5.41) is 12.7. The quantitative estimate of drug-likeness (QED) is 0.813. The lowest BCUT2D eigenvalue weighted by Gasteiger charge is -2.22. The van der Waals surface area contributed by atoms with Gasteiger partial charge < -0.3 is 10.4 Å². The summed E-state index contributed by atoms with van der Waals surface area (Å²) in [6.07, 6.45) is 5.32. The molecule has 0 heterocycles. The van der Waals surface area contributed by atoms with Gasteiger partial charge in [-0.15, -0.1) is 0 Å². The first-order valence-electron chi connectivity index (χ1n) is 7.26. The van der Waals surface area contributed by atoms with Crippen molar-refractivity contribution >= 4 is 23.6 Å². The number of rotatable bonds is 5. The third kappa shape index (κ3) is 3.65. The van der Waals surface area contributed by atoms with E-state index in [1.807, 2.05) is 11.8 Å². The molecule has 0 aromatic rings. The van der Waals surface area contributed by atoms with Crippen LogP contribution in [0.25, 0.3) is 0 Å². The number of carbonyl (C=O) groups excluding carboxylic acids is 1. The van der Waals surface area contributed by atoms with Gasteiger partial charge in [-0.3, -0.25) is 9.59 Å². The van der Waals surface area contributed by atoms with Crippen LogP contribution in [0.2, 0.25) is 0 Å². The molecule has 5 heteroatoms. The van der Waals surface area contributed by atoms with Gasteiger partial charge in [0.2, 0.25) is 5.91 Å². The Kier molecular flexibility index (Phi) is 5.13. The second-order valence-electron chi connectivity index (χ2n) is 5.58. The highest BCUT2D eigenvalue weighted by molar-refractivity contribution is 7.99. The summed E-state index contributed by atoms with van der Waals surface area (Å²) in [4.78, 5) is 23.1. The van der Waals surface area contributed by atoms with E-state index in [2.05, 4.69) is 12.2 Å². The standard InChI is InChI=1S/C14H23NO3S/c1-2-19-12-5-3-4-11(12)15-13(16)9-6-7-10(8-9)14(17)18/h9-12H,2-8H2,1H3,(H,15,16)(H,17,18)/t9-,10+,11?,12?/m1/s1. The maximum absolute atomic E-state index is 12.2. The summed E-state index contributed by atoms with van der Waals surface area (Å²) in [6.45, 7) is 2.15. The van der Waals surface area contributed by atoms with Gasteiger partial charge in [0.1, 0.15) is 0 Å². The van der Waals surface area contributed by atoms with E-state index in [1.165, 1.54) is 12.8 Å². The molecule has 108 valence electrons. The molecule has 0 aliphatic heterocycles. The molecule has 0 saturated heterocycles. The number of nitrogens with one attached hydrogen (secondary N) is 1. The van der Waals surface area contributed by atoms with Crippen LogP contribution in [0.4, 0.5) is 0 Å². The number of hydrogen-bond acceptors (Lipinski definition) is 3. The van der Waals surface area contributed by atoms with Crippen LogP contribution in [0.15, 0.2) is 0 Å². The molecule has 2 fully saturated rings. The van der Waals surface area contributed by atoms with E-state index in [9.17, 15) is 9.59 Å². The fourth-order valence-corrected chi connectivity index (χ4v) is 4.45. The molecule has 0 aromatic heterocycles. The second kappa shape index (κ2) is 6.64. The van der Waals surface area contributed by atoms with Crippen LogP contribution < -0.4 is 5.32 Å². The van der Waals surface area contributed by atoms with Crippen LogP contribution in [0.1, 0.15) is 45.4 Å². The van der Waals surface area contributed by atoms with Crippen LogP contribution in [0.5, 0.6) is 0 Å². The smallest absolute Gasteiger partial charge is 0.306 e. The van der Waals surface area contributed by atoms with E-state index >= 15 is 0 Å². The largest absolute Gasteiger partial charge is 0.481 e. The first-order valence-corrected chi connectivity index (χ1v) is 8.31. The lowest BCUT2D eigenvalue weighted by atomic mass is 10.0. The molecule has 2 rings (SSSR count). The van der Waals surface area contributed by atoms with E-state index in [0.29, 0.717) is 24.1 Å². The summed E-state index contributed by atoms with van der Waals surface area (Å²) < 4.78 is 0. The Labute approximate surface area is 118 Å². The first-order chi connectivity index (χ1) is 9.11. The van der Waals surface area contributed by atoms with E-state index < -0.39 is 5.97 Å². The Morgan fingerprint density at radius 2 is 1.95 bits per heavy atom. The molecule has 0 radical (unpaired) electrons. The van der Waals surface area contributed by atoms with E-state index in [4.69, 9.17) is 5.11 Å². The van der Waals surface area contributed by atoms with E-state index in [-0.39, 0.29) is 17.7 Å². The minimum absolute atomic E-state index is 0.0809. The first kappa shape index (κ1) is 14.7. The zero-order valence-corrected chi connectivity index (χ0v) is 12.2. The minimum Gasteiger partial charge on any atom is -0.481 e. The lowest BCUT2D eigenvalue weighted by molar-refractivity contribution is -0.141. The summed E-state index contributed by atoms with van der Waals surface area (Å²) in [6, 6.07) is 0.293. The van der Waals surface area contributed by atoms with Crippen LogP contribution in [0, 0.1) is 11.8 Å². The van der Waals surface area contributed by atoms with Crippen molar-refractivity contribution in [3.8, 4) is 0 Å². The maximum Gasteiger partial charge on any atom is 0.306 e. The van der Waals surface area contributed by atoms with E-state index in [0.717, 1.165) is 18.6 Å². The highest BCUT2D eigenvalue weighted by atomic mass is 32.2. The van der Waals surface area contributed by atoms with Gasteiger partial charge in [0.05, 0.1) is 5.92 Å². The molecular weight excluding hydrogens is 262 g/mol. The molecule has 0 bridgehead atoms. The summed E-state index contributed by atoms with van der Waals surface area (Å²) in [5.74, 6) is 0.00344. The minimum atomic E-state index is -0.754. The zero-order chi connectivity index (χ0) is 13.8. The van der Waals surface area contributed by atoms with Crippen LogP contribution in [-0.4, -0.2) is 34.0 Å². The third-order valence-electron chi connectivity index (χ3n) is 4.31. The van der Waals surface area contributed by atoms with Gasteiger partial charge in [-0.05, 0) is 37.9 Å². The van der Waals surface area contributed by atoms with Gasteiger partial charge in [0, 0.05) is 17.2 Å². The van der Waals surface area contributed by atoms with Crippen molar-refractivity contribution in [3.05, 3.63) is 0 Å². The van der Waals surface area contributed by atoms with Gasteiger partial charge in [0.25, 0.3) is 0 Å². The van der Waals surface area contributed by atoms with Crippen LogP contribution >= 0.6 is 11.8 Å². The van der Waals surface area contributed by atoms with Crippen molar-refractivity contribution in [2.24, 2.45) is 11.8 Å². The highest BCUT2D eigenvalue weighted by Gasteiger charge is 2.36. The topological polar surface area (TPSA) is 66.4 Å². The molecular formula is C14H23NO3S. The molecule has 2 aliphatic rings. The van der Waals surface area contributed by atoms with Gasteiger partial charge in [-0.25, -0.2) is 0 Å². The molecule has 0 aromatic carbocycles. The fraction of sp³-hybridized carbons (Fsp3) is 0.857. The number of carboxylic acid groups (broad SMARTS) is 1. The molecule has 4 atom stereocenters. The van der Waals surface area contributed by atoms with Crippen molar-refractivity contribution < 1.29 is 14.7 Å². The third-order valence-corrected chi connectivity index (χ3v) is 5.64. The van der Waals surface area contributed by atoms with Crippen molar-refractivity contribution in [1.82, 2.24) is 5.32 Å². The van der Waals surface area contributed by atoms with Gasteiger partial charge >= 0.3 is 5.97 Å².